The fraction of sp³-hybridized carbons (Fsp3) is 0. The fourth-order valence-corrected chi connectivity index (χ4v) is 8.69. The van der Waals surface area contributed by atoms with Gasteiger partial charge in [0.25, 0.3) is 0 Å². The number of nitriles is 4. The first-order valence-electron chi connectivity index (χ1n) is 19.6. The minimum Gasteiger partial charge on any atom is -0.308 e. The monoisotopic (exact) mass is 804 g/mol. The summed E-state index contributed by atoms with van der Waals surface area (Å²) in [5.74, 6) is -0.606. The predicted octanol–water partition coefficient (Wildman–Crippen LogP) is 13.6. The zero-order valence-electron chi connectivity index (χ0n) is 32.9. The summed E-state index contributed by atoms with van der Waals surface area (Å²) in [6.45, 7) is 15.4. The molecule has 0 atom stereocenters. The van der Waals surface area contributed by atoms with Crippen LogP contribution in [0.2, 0.25) is 0 Å². The summed E-state index contributed by atoms with van der Waals surface area (Å²) >= 11 is 0. The number of halogens is 1. The van der Waals surface area contributed by atoms with Crippen LogP contribution in [0, 0.1) is 64.3 Å². The van der Waals surface area contributed by atoms with Crippen molar-refractivity contribution in [2.75, 3.05) is 0 Å². The molecule has 63 heavy (non-hydrogen) atoms. The van der Waals surface area contributed by atoms with E-state index in [1.165, 1.54) is 6.07 Å². The van der Waals surface area contributed by atoms with E-state index in [1.807, 2.05) is 100 Å². The number of para-hydroxylation sites is 2. The van der Waals surface area contributed by atoms with Crippen molar-refractivity contribution in [2.45, 2.75) is 0 Å². The third-order valence-corrected chi connectivity index (χ3v) is 11.5. The van der Waals surface area contributed by atoms with Crippen LogP contribution in [0.5, 0.6) is 0 Å². The van der Waals surface area contributed by atoms with Crippen LogP contribution in [0.15, 0.2) is 152 Å². The van der Waals surface area contributed by atoms with E-state index in [4.69, 9.17) is 13.1 Å². The molecule has 0 fully saturated rings. The molecular formula is C54H25FN8. The number of hydrogen-bond donors (Lipinski definition) is 0. The quantitative estimate of drug-likeness (QED) is 0.161. The van der Waals surface area contributed by atoms with Crippen molar-refractivity contribution in [3.05, 3.63) is 203 Å². The van der Waals surface area contributed by atoms with Gasteiger partial charge in [-0.25, -0.2) is 14.1 Å². The molecule has 0 aliphatic heterocycles. The Morgan fingerprint density at radius 1 is 0.413 bits per heavy atom. The van der Waals surface area contributed by atoms with Crippen LogP contribution in [-0.2, 0) is 0 Å². The van der Waals surface area contributed by atoms with Gasteiger partial charge in [0.05, 0.1) is 70.4 Å². The lowest BCUT2D eigenvalue weighted by Gasteiger charge is -2.19. The van der Waals surface area contributed by atoms with E-state index in [0.29, 0.717) is 50.6 Å². The third-order valence-electron chi connectivity index (χ3n) is 11.5. The number of aromatic nitrogens is 2. The summed E-state index contributed by atoms with van der Waals surface area (Å²) in [6, 6.07) is 54.4. The zero-order chi connectivity index (χ0) is 43.4. The van der Waals surface area contributed by atoms with E-state index in [-0.39, 0.29) is 16.7 Å². The van der Waals surface area contributed by atoms with Gasteiger partial charge in [-0.05, 0) is 113 Å². The molecule has 0 saturated carbocycles. The molecule has 0 amide bonds. The van der Waals surface area contributed by atoms with Crippen molar-refractivity contribution in [1.82, 2.24) is 9.13 Å². The molecule has 0 unspecified atom stereocenters. The summed E-state index contributed by atoms with van der Waals surface area (Å²) in [4.78, 5) is 7.21. The SMILES string of the molecule is [C-]#[N+]c1cc(C#N)cc(-c2ccc3c4ccccc4n(-c4cc(-c5ccc(C#N)cc5F)cc(-n5c6ccccc6c6ccc(-c7cc(C#N)cc([N+]#[C-])c7)cc65)c4C#N)c3c2)c1. The Bertz CT molecular complexity index is 3620. The highest BCUT2D eigenvalue weighted by atomic mass is 19.1. The van der Waals surface area contributed by atoms with E-state index in [2.05, 4.69) is 27.9 Å². The lowest BCUT2D eigenvalue weighted by molar-refractivity contribution is 0.631. The second kappa shape index (κ2) is 14.8. The van der Waals surface area contributed by atoms with Crippen LogP contribution in [0.3, 0.4) is 0 Å². The lowest BCUT2D eigenvalue weighted by atomic mass is 9.98. The molecule has 10 aromatic rings. The molecule has 0 saturated heterocycles. The normalized spacial score (nSPS) is 10.8. The second-order valence-electron chi connectivity index (χ2n) is 15.0. The maximum atomic E-state index is 16.3. The Balaban J connectivity index is 1.33. The maximum absolute atomic E-state index is 16.3. The molecule has 0 N–H and O–H groups in total. The highest BCUT2D eigenvalue weighted by Gasteiger charge is 2.24. The minimum atomic E-state index is -0.606. The topological polar surface area (TPSA) is 114 Å². The molecule has 288 valence electrons. The Labute approximate surface area is 359 Å². The summed E-state index contributed by atoms with van der Waals surface area (Å²) in [5, 5.41) is 44.3. The molecule has 8 nitrogen and oxygen atoms in total. The van der Waals surface area contributed by atoms with Gasteiger partial charge in [0.1, 0.15) is 17.4 Å². The second-order valence-corrected chi connectivity index (χ2v) is 15.0. The van der Waals surface area contributed by atoms with Gasteiger partial charge in [-0.3, -0.25) is 0 Å². The fourth-order valence-electron chi connectivity index (χ4n) is 8.69. The molecule has 0 aliphatic rings. The van der Waals surface area contributed by atoms with Crippen molar-refractivity contribution in [1.29, 1.82) is 21.0 Å². The smallest absolute Gasteiger partial charge is 0.189 e. The van der Waals surface area contributed by atoms with Crippen molar-refractivity contribution in [3.63, 3.8) is 0 Å². The Kier molecular flexibility index (Phi) is 8.81. The Morgan fingerprint density at radius 3 is 1.33 bits per heavy atom. The van der Waals surface area contributed by atoms with Crippen molar-refractivity contribution >= 4 is 55.0 Å². The van der Waals surface area contributed by atoms with E-state index in [0.717, 1.165) is 54.7 Å². The first kappa shape index (κ1) is 37.5. The van der Waals surface area contributed by atoms with Crippen LogP contribution in [0.4, 0.5) is 15.8 Å². The third kappa shape index (κ3) is 6.08. The Hall–Kier alpha value is -9.77. The zero-order valence-corrected chi connectivity index (χ0v) is 32.9. The van der Waals surface area contributed by atoms with E-state index >= 15 is 4.39 Å². The van der Waals surface area contributed by atoms with E-state index in [1.54, 1.807) is 60.7 Å². The van der Waals surface area contributed by atoms with Gasteiger partial charge in [-0.1, -0.05) is 66.7 Å². The highest BCUT2D eigenvalue weighted by Crippen LogP contribution is 2.42. The maximum Gasteiger partial charge on any atom is 0.189 e. The average Bonchev–Trinajstić information content (AvgIpc) is 3.85. The highest BCUT2D eigenvalue weighted by molar-refractivity contribution is 6.12. The largest absolute Gasteiger partial charge is 0.308 e. The number of rotatable bonds is 5. The minimum absolute atomic E-state index is 0.166. The molecule has 10 rings (SSSR count). The van der Waals surface area contributed by atoms with Gasteiger partial charge < -0.3 is 9.13 Å². The molecule has 8 aromatic carbocycles. The number of nitrogens with zero attached hydrogens (tertiary/aromatic N) is 8. The average molecular weight is 805 g/mol. The molecule has 2 heterocycles. The first-order chi connectivity index (χ1) is 30.8. The molecule has 0 aliphatic carbocycles. The van der Waals surface area contributed by atoms with Gasteiger partial charge >= 0.3 is 0 Å². The molecule has 0 radical (unpaired) electrons. The first-order valence-corrected chi connectivity index (χ1v) is 19.6. The number of hydrogen-bond acceptors (Lipinski definition) is 4. The lowest BCUT2D eigenvalue weighted by Crippen LogP contribution is -2.05. The number of benzene rings is 8. The molecule has 0 spiro atoms. The molecule has 9 heteroatoms. The Morgan fingerprint density at radius 2 is 0.889 bits per heavy atom. The summed E-state index contributed by atoms with van der Waals surface area (Å²) < 4.78 is 20.3. The predicted molar refractivity (Wildman–Crippen MR) is 243 cm³/mol. The number of fused-ring (bicyclic) bond motifs is 6. The van der Waals surface area contributed by atoms with Crippen molar-refractivity contribution in [3.8, 4) is 69.0 Å². The van der Waals surface area contributed by atoms with E-state index in [9.17, 15) is 21.0 Å². The summed E-state index contributed by atoms with van der Waals surface area (Å²) in [6.07, 6.45) is 0. The van der Waals surface area contributed by atoms with Crippen LogP contribution < -0.4 is 0 Å². The van der Waals surface area contributed by atoms with Gasteiger partial charge in [0.15, 0.2) is 11.4 Å². The molecule has 2 aromatic heterocycles. The standard InChI is InChI=1S/C54H25FN8/c1-60-40-19-33(29-57)17-37(22-40)35-12-15-45-43-7-3-5-9-49(43)62(51(45)24-35)53-26-39(42-14-11-32(28-56)21-48(42)55)27-54(47(53)31-59)63-50-10-6-4-8-44(50)46-16-13-36(25-52(46)63)38-18-34(30-58)20-41(23-38)61-2/h3-27H. The van der Waals surface area contributed by atoms with Gasteiger partial charge in [0, 0.05) is 38.2 Å². The summed E-state index contributed by atoms with van der Waals surface area (Å²) in [5.41, 5.74) is 9.34. The van der Waals surface area contributed by atoms with Crippen molar-refractivity contribution in [2.24, 2.45) is 0 Å². The summed E-state index contributed by atoms with van der Waals surface area (Å²) in [7, 11) is 0. The van der Waals surface area contributed by atoms with E-state index < -0.39 is 5.82 Å². The van der Waals surface area contributed by atoms with Gasteiger partial charge in [-0.15, -0.1) is 0 Å². The van der Waals surface area contributed by atoms with Gasteiger partial charge in [0.2, 0.25) is 0 Å². The molecular weight excluding hydrogens is 780 g/mol. The van der Waals surface area contributed by atoms with Crippen molar-refractivity contribution < 1.29 is 4.39 Å². The van der Waals surface area contributed by atoms with Crippen LogP contribution in [0.25, 0.3) is 98.1 Å². The van der Waals surface area contributed by atoms with Crippen LogP contribution in [0.1, 0.15) is 22.3 Å². The van der Waals surface area contributed by atoms with Crippen LogP contribution >= 0.6 is 0 Å². The van der Waals surface area contributed by atoms with Crippen LogP contribution in [-0.4, -0.2) is 9.13 Å². The van der Waals surface area contributed by atoms with Gasteiger partial charge in [-0.2, -0.15) is 21.0 Å². The molecule has 0 bridgehead atoms.